The highest BCUT2D eigenvalue weighted by atomic mass is 35.5. The Bertz CT molecular complexity index is 533. The van der Waals surface area contributed by atoms with Crippen LogP contribution in [-0.4, -0.2) is 0 Å². The van der Waals surface area contributed by atoms with Crippen molar-refractivity contribution in [3.05, 3.63) is 69.0 Å². The Morgan fingerprint density at radius 2 is 1.78 bits per heavy atom. The SMILES string of the molecule is Cc1ccc(F)cc1C(N)c1cc(Cl)ccc1Cl. The summed E-state index contributed by atoms with van der Waals surface area (Å²) in [5.74, 6) is -0.316. The van der Waals surface area contributed by atoms with Crippen LogP contribution in [0.5, 0.6) is 0 Å². The molecular formula is C14H12Cl2FN. The first kappa shape index (κ1) is 13.3. The Labute approximate surface area is 115 Å². The van der Waals surface area contributed by atoms with Crippen molar-refractivity contribution >= 4 is 23.2 Å². The highest BCUT2D eigenvalue weighted by Gasteiger charge is 2.15. The predicted molar refractivity (Wildman–Crippen MR) is 73.6 cm³/mol. The second-order valence-electron chi connectivity index (χ2n) is 4.14. The number of aryl methyl sites for hydroxylation is 1. The van der Waals surface area contributed by atoms with Gasteiger partial charge in [0.15, 0.2) is 0 Å². The van der Waals surface area contributed by atoms with E-state index < -0.39 is 6.04 Å². The summed E-state index contributed by atoms with van der Waals surface area (Å²) in [4.78, 5) is 0. The Balaban J connectivity index is 2.50. The molecule has 2 rings (SSSR count). The lowest BCUT2D eigenvalue weighted by atomic mass is 9.95. The van der Waals surface area contributed by atoms with E-state index in [0.717, 1.165) is 5.56 Å². The molecule has 0 spiro atoms. The van der Waals surface area contributed by atoms with Crippen LogP contribution in [0.25, 0.3) is 0 Å². The lowest BCUT2D eigenvalue weighted by Crippen LogP contribution is -2.14. The maximum absolute atomic E-state index is 13.3. The van der Waals surface area contributed by atoms with E-state index in [-0.39, 0.29) is 5.82 Å². The van der Waals surface area contributed by atoms with Gasteiger partial charge >= 0.3 is 0 Å². The van der Waals surface area contributed by atoms with Crippen molar-refractivity contribution < 1.29 is 4.39 Å². The van der Waals surface area contributed by atoms with Gasteiger partial charge in [0.25, 0.3) is 0 Å². The summed E-state index contributed by atoms with van der Waals surface area (Å²) in [6.45, 7) is 1.88. The highest BCUT2D eigenvalue weighted by molar-refractivity contribution is 6.33. The zero-order valence-corrected chi connectivity index (χ0v) is 11.3. The minimum Gasteiger partial charge on any atom is -0.320 e. The van der Waals surface area contributed by atoms with E-state index in [1.807, 2.05) is 6.92 Å². The summed E-state index contributed by atoms with van der Waals surface area (Å²) in [5, 5.41) is 1.08. The zero-order chi connectivity index (χ0) is 13.3. The van der Waals surface area contributed by atoms with E-state index in [1.54, 1.807) is 24.3 Å². The standard InChI is InChI=1S/C14H12Cl2FN/c1-8-2-4-10(17)7-11(8)14(18)12-6-9(15)3-5-13(12)16/h2-7,14H,18H2,1H3. The predicted octanol–water partition coefficient (Wildman–Crippen LogP) is 4.49. The average molecular weight is 284 g/mol. The quantitative estimate of drug-likeness (QED) is 0.864. The first-order valence-electron chi connectivity index (χ1n) is 5.45. The molecule has 0 aliphatic carbocycles. The lowest BCUT2D eigenvalue weighted by molar-refractivity contribution is 0.622. The minimum absolute atomic E-state index is 0.316. The second-order valence-corrected chi connectivity index (χ2v) is 4.99. The first-order chi connectivity index (χ1) is 8.49. The van der Waals surface area contributed by atoms with Crippen LogP contribution in [0, 0.1) is 12.7 Å². The van der Waals surface area contributed by atoms with E-state index in [2.05, 4.69) is 0 Å². The normalized spacial score (nSPS) is 12.5. The monoisotopic (exact) mass is 283 g/mol. The van der Waals surface area contributed by atoms with Crippen molar-refractivity contribution in [1.82, 2.24) is 0 Å². The van der Waals surface area contributed by atoms with Gasteiger partial charge in [0.05, 0.1) is 6.04 Å². The summed E-state index contributed by atoms with van der Waals surface area (Å²) >= 11 is 12.0. The van der Waals surface area contributed by atoms with Crippen LogP contribution in [0.15, 0.2) is 36.4 Å². The number of hydrogen-bond acceptors (Lipinski definition) is 1. The van der Waals surface area contributed by atoms with E-state index in [0.29, 0.717) is 21.2 Å². The van der Waals surface area contributed by atoms with Gasteiger partial charge in [0.1, 0.15) is 5.82 Å². The van der Waals surface area contributed by atoms with Crippen molar-refractivity contribution in [3.8, 4) is 0 Å². The van der Waals surface area contributed by atoms with Gasteiger partial charge in [-0.15, -0.1) is 0 Å². The molecule has 0 amide bonds. The van der Waals surface area contributed by atoms with Gasteiger partial charge in [-0.25, -0.2) is 4.39 Å². The van der Waals surface area contributed by atoms with E-state index in [9.17, 15) is 4.39 Å². The molecule has 2 aromatic rings. The molecule has 1 atom stereocenters. The number of benzene rings is 2. The molecule has 4 heteroatoms. The first-order valence-corrected chi connectivity index (χ1v) is 6.21. The van der Waals surface area contributed by atoms with E-state index in [4.69, 9.17) is 28.9 Å². The van der Waals surface area contributed by atoms with Crippen molar-refractivity contribution in [1.29, 1.82) is 0 Å². The molecular weight excluding hydrogens is 272 g/mol. The number of hydrogen-bond donors (Lipinski definition) is 1. The molecule has 1 unspecified atom stereocenters. The van der Waals surface area contributed by atoms with Crippen LogP contribution in [0.4, 0.5) is 4.39 Å². The maximum atomic E-state index is 13.3. The second kappa shape index (κ2) is 5.27. The Morgan fingerprint density at radius 3 is 2.50 bits per heavy atom. The Hall–Kier alpha value is -1.09. The van der Waals surface area contributed by atoms with Crippen LogP contribution in [-0.2, 0) is 0 Å². The third-order valence-corrected chi connectivity index (χ3v) is 3.45. The molecule has 0 heterocycles. The van der Waals surface area contributed by atoms with Gasteiger partial charge in [0.2, 0.25) is 0 Å². The third kappa shape index (κ3) is 2.66. The number of rotatable bonds is 2. The molecule has 0 aromatic heterocycles. The van der Waals surface area contributed by atoms with Crippen LogP contribution >= 0.6 is 23.2 Å². The molecule has 0 saturated heterocycles. The molecule has 1 nitrogen and oxygen atoms in total. The lowest BCUT2D eigenvalue weighted by Gasteiger charge is -2.17. The largest absolute Gasteiger partial charge is 0.320 e. The zero-order valence-electron chi connectivity index (χ0n) is 9.75. The third-order valence-electron chi connectivity index (χ3n) is 2.87. The fourth-order valence-electron chi connectivity index (χ4n) is 1.87. The number of nitrogens with two attached hydrogens (primary N) is 1. The fourth-order valence-corrected chi connectivity index (χ4v) is 2.28. The average Bonchev–Trinajstić information content (AvgIpc) is 2.34. The Kier molecular flexibility index (Phi) is 3.91. The van der Waals surface area contributed by atoms with Crippen molar-refractivity contribution in [2.24, 2.45) is 5.73 Å². The maximum Gasteiger partial charge on any atom is 0.123 e. The molecule has 0 aliphatic rings. The van der Waals surface area contributed by atoms with Crippen LogP contribution < -0.4 is 5.73 Å². The molecule has 18 heavy (non-hydrogen) atoms. The van der Waals surface area contributed by atoms with E-state index in [1.165, 1.54) is 12.1 Å². The van der Waals surface area contributed by atoms with Crippen LogP contribution in [0.1, 0.15) is 22.7 Å². The molecule has 0 aliphatic heterocycles. The summed E-state index contributed by atoms with van der Waals surface area (Å²) in [5.41, 5.74) is 8.46. The van der Waals surface area contributed by atoms with Gasteiger partial charge in [-0.1, -0.05) is 29.3 Å². The summed E-state index contributed by atoms with van der Waals surface area (Å²) in [6, 6.07) is 9.13. The van der Waals surface area contributed by atoms with Gasteiger partial charge in [0, 0.05) is 10.0 Å². The minimum atomic E-state index is -0.494. The molecule has 0 saturated carbocycles. The molecule has 0 bridgehead atoms. The van der Waals surface area contributed by atoms with Crippen molar-refractivity contribution in [2.45, 2.75) is 13.0 Å². The molecule has 2 aromatic carbocycles. The topological polar surface area (TPSA) is 26.0 Å². The molecule has 94 valence electrons. The molecule has 2 N–H and O–H groups in total. The Morgan fingerprint density at radius 1 is 1.06 bits per heavy atom. The summed E-state index contributed by atoms with van der Waals surface area (Å²) in [6.07, 6.45) is 0. The van der Waals surface area contributed by atoms with Crippen molar-refractivity contribution in [3.63, 3.8) is 0 Å². The fraction of sp³-hybridized carbons (Fsp3) is 0.143. The number of halogens is 3. The highest BCUT2D eigenvalue weighted by Crippen LogP contribution is 2.30. The smallest absolute Gasteiger partial charge is 0.123 e. The van der Waals surface area contributed by atoms with Gasteiger partial charge in [-0.2, -0.15) is 0 Å². The van der Waals surface area contributed by atoms with Crippen molar-refractivity contribution in [2.75, 3.05) is 0 Å². The molecule has 0 fully saturated rings. The molecule has 0 radical (unpaired) electrons. The summed E-state index contributed by atoms with van der Waals surface area (Å²) in [7, 11) is 0. The van der Waals surface area contributed by atoms with E-state index >= 15 is 0 Å². The van der Waals surface area contributed by atoms with Crippen LogP contribution in [0.3, 0.4) is 0 Å². The van der Waals surface area contributed by atoms with Gasteiger partial charge in [-0.05, 0) is 53.9 Å². The van der Waals surface area contributed by atoms with Crippen LogP contribution in [0.2, 0.25) is 10.0 Å². The van der Waals surface area contributed by atoms with Gasteiger partial charge in [-0.3, -0.25) is 0 Å². The van der Waals surface area contributed by atoms with Gasteiger partial charge < -0.3 is 5.73 Å². The summed E-state index contributed by atoms with van der Waals surface area (Å²) < 4.78 is 13.3.